The zero-order valence-corrected chi connectivity index (χ0v) is 18.2. The van der Waals surface area contributed by atoms with Gasteiger partial charge >= 0.3 is 0 Å². The Morgan fingerprint density at radius 3 is 2.90 bits per heavy atom. The molecule has 0 spiro atoms. The van der Waals surface area contributed by atoms with Crippen LogP contribution in [0, 0.1) is 0 Å². The van der Waals surface area contributed by atoms with Gasteiger partial charge in [0.05, 0.1) is 10.2 Å². The average Bonchev–Trinajstić information content (AvgIpc) is 3.35. The first kappa shape index (κ1) is 20.4. The predicted octanol–water partition coefficient (Wildman–Crippen LogP) is 2.43. The Labute approximate surface area is 181 Å². The van der Waals surface area contributed by atoms with Gasteiger partial charge in [0.2, 0.25) is 5.78 Å². The third-order valence-corrected chi connectivity index (χ3v) is 5.47. The number of nitrogens with one attached hydrogen (secondary N) is 1. The lowest BCUT2D eigenvalue weighted by atomic mass is 10.2. The minimum absolute atomic E-state index is 0.152. The zero-order valence-electron chi connectivity index (χ0n) is 16.6. The molecular formula is C20H22BrN7O2. The summed E-state index contributed by atoms with van der Waals surface area (Å²) in [5, 5.41) is 11.3. The number of fused-ring (bicyclic) bond motifs is 2. The summed E-state index contributed by atoms with van der Waals surface area (Å²) in [6.07, 6.45) is 5.56. The van der Waals surface area contributed by atoms with Crippen molar-refractivity contribution in [3.63, 3.8) is 0 Å². The molecule has 4 rings (SSSR count). The second kappa shape index (κ2) is 8.86. The molecule has 3 aromatic rings. The fourth-order valence-electron chi connectivity index (χ4n) is 3.52. The second-order valence-electron chi connectivity index (χ2n) is 7.10. The molecule has 3 aromatic heterocycles. The Morgan fingerprint density at radius 2 is 2.13 bits per heavy atom. The highest BCUT2D eigenvalue weighted by Crippen LogP contribution is 2.28. The Kier molecular flexibility index (Phi) is 6.03. The lowest BCUT2D eigenvalue weighted by Crippen LogP contribution is -2.28. The van der Waals surface area contributed by atoms with Crippen LogP contribution in [0.1, 0.15) is 48.1 Å². The quantitative estimate of drug-likeness (QED) is 0.507. The minimum Gasteiger partial charge on any atom is -0.350 e. The van der Waals surface area contributed by atoms with E-state index in [2.05, 4.69) is 48.3 Å². The molecule has 10 heteroatoms. The number of hydrogen-bond acceptors (Lipinski definition) is 6. The van der Waals surface area contributed by atoms with Gasteiger partial charge in [-0.05, 0) is 34.5 Å². The molecule has 0 aromatic carbocycles. The SMILES string of the molecule is CCCCCn1c2c(c(=O)n3c(CCNC(=O)c4ccccn4)nnc13)CC(Br)=N2. The van der Waals surface area contributed by atoms with Crippen molar-refractivity contribution in [1.29, 1.82) is 0 Å². The number of aryl methyl sites for hydroxylation is 1. The maximum Gasteiger partial charge on any atom is 0.269 e. The number of nitrogens with zero attached hydrogens (tertiary/aromatic N) is 6. The Balaban J connectivity index is 1.60. The van der Waals surface area contributed by atoms with Crippen LogP contribution >= 0.6 is 15.9 Å². The lowest BCUT2D eigenvalue weighted by molar-refractivity contribution is 0.0949. The number of aromatic nitrogens is 5. The summed E-state index contributed by atoms with van der Waals surface area (Å²) in [6.45, 7) is 3.19. The molecule has 30 heavy (non-hydrogen) atoms. The van der Waals surface area contributed by atoms with Crippen molar-refractivity contribution in [2.45, 2.75) is 45.6 Å². The molecule has 0 unspecified atom stereocenters. The number of rotatable bonds is 8. The van der Waals surface area contributed by atoms with Gasteiger partial charge in [0, 0.05) is 32.1 Å². The monoisotopic (exact) mass is 471 g/mol. The van der Waals surface area contributed by atoms with Crippen LogP contribution in [-0.2, 0) is 19.4 Å². The Morgan fingerprint density at radius 1 is 1.27 bits per heavy atom. The third-order valence-electron chi connectivity index (χ3n) is 5.01. The molecule has 1 amide bonds. The molecule has 0 bridgehead atoms. The van der Waals surface area contributed by atoms with E-state index in [9.17, 15) is 9.59 Å². The van der Waals surface area contributed by atoms with Crippen LogP contribution in [0.15, 0.2) is 34.2 Å². The molecule has 0 atom stereocenters. The van der Waals surface area contributed by atoms with Crippen molar-refractivity contribution in [3.8, 4) is 0 Å². The topological polar surface area (TPSA) is 107 Å². The van der Waals surface area contributed by atoms with E-state index in [0.29, 0.717) is 48.1 Å². The highest BCUT2D eigenvalue weighted by molar-refractivity contribution is 9.18. The zero-order chi connectivity index (χ0) is 21.1. The number of pyridine rings is 1. The predicted molar refractivity (Wildman–Crippen MR) is 117 cm³/mol. The molecule has 0 fully saturated rings. The van der Waals surface area contributed by atoms with Gasteiger partial charge in [-0.1, -0.05) is 25.8 Å². The van der Waals surface area contributed by atoms with Crippen LogP contribution in [0.4, 0.5) is 5.82 Å². The number of hydrogen-bond donors (Lipinski definition) is 1. The number of unbranched alkanes of at least 4 members (excludes halogenated alkanes) is 2. The van der Waals surface area contributed by atoms with Crippen molar-refractivity contribution in [1.82, 2.24) is 29.5 Å². The smallest absolute Gasteiger partial charge is 0.269 e. The van der Waals surface area contributed by atoms with Gasteiger partial charge in [-0.3, -0.25) is 19.1 Å². The van der Waals surface area contributed by atoms with Crippen LogP contribution in [-0.4, -0.2) is 41.2 Å². The number of carbonyl (C=O) groups excluding carboxylic acids is 1. The molecule has 1 N–H and O–H groups in total. The Hall–Kier alpha value is -2.88. The number of aliphatic imine (C=N–C) groups is 1. The van der Waals surface area contributed by atoms with E-state index in [1.165, 1.54) is 0 Å². The number of carbonyl (C=O) groups is 1. The van der Waals surface area contributed by atoms with Gasteiger partial charge in [0.1, 0.15) is 17.3 Å². The van der Waals surface area contributed by atoms with E-state index < -0.39 is 0 Å². The number of amides is 1. The van der Waals surface area contributed by atoms with Gasteiger partial charge < -0.3 is 5.32 Å². The first-order chi connectivity index (χ1) is 14.6. The summed E-state index contributed by atoms with van der Waals surface area (Å²) < 4.78 is 4.27. The van der Waals surface area contributed by atoms with Crippen molar-refractivity contribution in [2.24, 2.45) is 4.99 Å². The molecule has 1 aliphatic heterocycles. The van der Waals surface area contributed by atoms with Crippen LogP contribution < -0.4 is 10.9 Å². The van der Waals surface area contributed by atoms with Crippen LogP contribution in [0.3, 0.4) is 0 Å². The fourth-order valence-corrected chi connectivity index (χ4v) is 3.97. The highest BCUT2D eigenvalue weighted by atomic mass is 79.9. The van der Waals surface area contributed by atoms with Gasteiger partial charge in [-0.15, -0.1) is 10.2 Å². The molecule has 0 radical (unpaired) electrons. The highest BCUT2D eigenvalue weighted by Gasteiger charge is 2.25. The average molecular weight is 472 g/mol. The van der Waals surface area contributed by atoms with Crippen molar-refractivity contribution < 1.29 is 4.79 Å². The standard InChI is InChI=1S/C20H22BrN7O2/c1-2-3-6-11-27-17-13(12-15(21)24-17)19(30)28-16(25-26-20(27)28)8-10-23-18(29)14-7-4-5-9-22-14/h4-5,7,9H,2-3,6,8,10-12H2,1H3,(H,23,29). The van der Waals surface area contributed by atoms with E-state index in [1.54, 1.807) is 28.8 Å². The molecule has 0 saturated carbocycles. The molecule has 156 valence electrons. The maximum absolute atomic E-state index is 13.1. The van der Waals surface area contributed by atoms with E-state index in [1.807, 2.05) is 4.57 Å². The largest absolute Gasteiger partial charge is 0.350 e. The first-order valence-electron chi connectivity index (χ1n) is 10.0. The van der Waals surface area contributed by atoms with Gasteiger partial charge in [0.25, 0.3) is 11.5 Å². The van der Waals surface area contributed by atoms with E-state index >= 15 is 0 Å². The lowest BCUT2D eigenvalue weighted by Gasteiger charge is -2.12. The molecule has 9 nitrogen and oxygen atoms in total. The van der Waals surface area contributed by atoms with E-state index in [4.69, 9.17) is 0 Å². The fraction of sp³-hybridized carbons (Fsp3) is 0.400. The summed E-state index contributed by atoms with van der Waals surface area (Å²) in [6, 6.07) is 5.17. The summed E-state index contributed by atoms with van der Waals surface area (Å²) in [5.74, 6) is 1.41. The van der Waals surface area contributed by atoms with E-state index in [0.717, 1.165) is 30.4 Å². The van der Waals surface area contributed by atoms with Crippen LogP contribution in [0.5, 0.6) is 0 Å². The molecule has 4 heterocycles. The molecular weight excluding hydrogens is 450 g/mol. The van der Waals surface area contributed by atoms with Crippen LogP contribution in [0.2, 0.25) is 0 Å². The summed E-state index contributed by atoms with van der Waals surface area (Å²) in [7, 11) is 0. The van der Waals surface area contributed by atoms with Gasteiger partial charge in [-0.25, -0.2) is 9.39 Å². The third kappa shape index (κ3) is 3.91. The minimum atomic E-state index is -0.264. The maximum atomic E-state index is 13.1. The van der Waals surface area contributed by atoms with Gasteiger partial charge in [0.15, 0.2) is 0 Å². The van der Waals surface area contributed by atoms with Crippen molar-refractivity contribution in [2.75, 3.05) is 6.54 Å². The molecule has 0 aliphatic carbocycles. The molecule has 0 saturated heterocycles. The Bertz CT molecular complexity index is 1170. The number of halogens is 1. The normalized spacial score (nSPS) is 12.8. The summed E-state index contributed by atoms with van der Waals surface area (Å²) in [4.78, 5) is 33.9. The summed E-state index contributed by atoms with van der Waals surface area (Å²) in [5.41, 5.74) is 0.840. The van der Waals surface area contributed by atoms with Crippen molar-refractivity contribution >= 4 is 38.1 Å². The first-order valence-corrected chi connectivity index (χ1v) is 10.8. The van der Waals surface area contributed by atoms with Gasteiger partial charge in [-0.2, -0.15) is 0 Å². The summed E-state index contributed by atoms with van der Waals surface area (Å²) >= 11 is 3.43. The second-order valence-corrected chi connectivity index (χ2v) is 8.02. The van der Waals surface area contributed by atoms with Crippen LogP contribution in [0.25, 0.3) is 5.78 Å². The van der Waals surface area contributed by atoms with Crippen molar-refractivity contribution in [3.05, 3.63) is 51.8 Å². The molecule has 1 aliphatic rings. The van der Waals surface area contributed by atoms with E-state index in [-0.39, 0.29) is 11.5 Å².